The molecule has 0 aliphatic carbocycles. The summed E-state index contributed by atoms with van der Waals surface area (Å²) in [5.41, 5.74) is 8.53. The molecular weight excluding hydrogens is 200 g/mol. The van der Waals surface area contributed by atoms with Crippen molar-refractivity contribution in [3.63, 3.8) is 0 Å². The quantitative estimate of drug-likeness (QED) is 0.820. The number of rotatable bonds is 3. The molecule has 4 nitrogen and oxygen atoms in total. The summed E-state index contributed by atoms with van der Waals surface area (Å²) in [4.78, 5) is 8.13. The molecule has 0 saturated heterocycles. The maximum atomic E-state index is 5.50. The number of nitrogens with zero attached hydrogens (tertiary/aromatic N) is 2. The number of hydrogen-bond acceptors (Lipinski definition) is 4. The zero-order valence-electron chi connectivity index (χ0n) is 9.14. The number of nitrogen functional groups attached to an aromatic ring is 1. The lowest BCUT2D eigenvalue weighted by Crippen LogP contribution is -2.03. The predicted octanol–water partition coefficient (Wildman–Crippen LogP) is 1.98. The first kappa shape index (κ1) is 10.4. The van der Waals surface area contributed by atoms with Gasteiger partial charge in [-0.2, -0.15) is 0 Å². The van der Waals surface area contributed by atoms with Crippen LogP contribution < -0.4 is 11.1 Å². The molecule has 0 atom stereocenters. The first-order valence-corrected chi connectivity index (χ1v) is 5.11. The highest BCUT2D eigenvalue weighted by Crippen LogP contribution is 2.06. The fraction of sp³-hybridized carbons (Fsp3) is 0.167. The Bertz CT molecular complexity index is 402. The smallest absolute Gasteiger partial charge is 0.222 e. The van der Waals surface area contributed by atoms with Crippen LogP contribution >= 0.6 is 0 Å². The summed E-state index contributed by atoms with van der Waals surface area (Å²) in [6, 6.07) is 8.33. The molecule has 0 saturated carbocycles. The van der Waals surface area contributed by atoms with Crippen molar-refractivity contribution >= 4 is 11.6 Å². The van der Waals surface area contributed by atoms with Crippen LogP contribution in [0.1, 0.15) is 11.1 Å². The van der Waals surface area contributed by atoms with Crippen molar-refractivity contribution in [1.29, 1.82) is 0 Å². The van der Waals surface area contributed by atoms with Crippen molar-refractivity contribution < 1.29 is 0 Å². The molecule has 0 aliphatic heterocycles. The maximum Gasteiger partial charge on any atom is 0.222 e. The molecule has 0 aliphatic rings. The van der Waals surface area contributed by atoms with E-state index in [4.69, 9.17) is 5.73 Å². The lowest BCUT2D eigenvalue weighted by Gasteiger charge is -2.04. The number of nitrogens with two attached hydrogens (primary N) is 1. The van der Waals surface area contributed by atoms with Crippen LogP contribution in [0.4, 0.5) is 11.6 Å². The molecular formula is C12H14N4. The van der Waals surface area contributed by atoms with E-state index in [1.807, 2.05) is 0 Å². The van der Waals surface area contributed by atoms with Gasteiger partial charge in [0.15, 0.2) is 0 Å². The second-order valence-corrected chi connectivity index (χ2v) is 3.68. The van der Waals surface area contributed by atoms with Gasteiger partial charge in [-0.3, -0.25) is 0 Å². The Hall–Kier alpha value is -2.10. The molecule has 1 heterocycles. The highest BCUT2D eigenvalue weighted by Gasteiger charge is 1.96. The van der Waals surface area contributed by atoms with Crippen LogP contribution in [0.15, 0.2) is 36.7 Å². The van der Waals surface area contributed by atoms with Gasteiger partial charge in [0, 0.05) is 6.54 Å². The van der Waals surface area contributed by atoms with Gasteiger partial charge in [0.1, 0.15) is 0 Å². The van der Waals surface area contributed by atoms with Gasteiger partial charge in [0.2, 0.25) is 5.95 Å². The van der Waals surface area contributed by atoms with E-state index in [0.717, 1.165) is 0 Å². The van der Waals surface area contributed by atoms with E-state index < -0.39 is 0 Å². The number of benzene rings is 1. The topological polar surface area (TPSA) is 63.8 Å². The van der Waals surface area contributed by atoms with Gasteiger partial charge in [-0.15, -0.1) is 0 Å². The van der Waals surface area contributed by atoms with Gasteiger partial charge >= 0.3 is 0 Å². The first-order valence-electron chi connectivity index (χ1n) is 5.11. The third-order valence-corrected chi connectivity index (χ3v) is 2.24. The van der Waals surface area contributed by atoms with E-state index in [0.29, 0.717) is 18.2 Å². The van der Waals surface area contributed by atoms with Crippen LogP contribution in [-0.2, 0) is 6.54 Å². The molecule has 2 aromatic rings. The molecule has 0 bridgehead atoms. The molecule has 16 heavy (non-hydrogen) atoms. The van der Waals surface area contributed by atoms with Crippen molar-refractivity contribution in [2.75, 3.05) is 11.1 Å². The van der Waals surface area contributed by atoms with Crippen molar-refractivity contribution in [3.05, 3.63) is 47.8 Å². The van der Waals surface area contributed by atoms with Crippen LogP contribution in [0.25, 0.3) is 0 Å². The summed E-state index contributed by atoms with van der Waals surface area (Å²) in [6.07, 6.45) is 3.18. The second kappa shape index (κ2) is 4.61. The zero-order valence-corrected chi connectivity index (χ0v) is 9.14. The molecule has 0 unspecified atom stereocenters. The Kier molecular flexibility index (Phi) is 3.00. The van der Waals surface area contributed by atoms with Crippen molar-refractivity contribution in [2.45, 2.75) is 13.5 Å². The third-order valence-electron chi connectivity index (χ3n) is 2.24. The summed E-state index contributed by atoms with van der Waals surface area (Å²) in [7, 11) is 0. The van der Waals surface area contributed by atoms with Crippen LogP contribution in [-0.4, -0.2) is 9.97 Å². The van der Waals surface area contributed by atoms with E-state index in [1.165, 1.54) is 11.1 Å². The van der Waals surface area contributed by atoms with Gasteiger partial charge in [0.05, 0.1) is 18.1 Å². The Morgan fingerprint density at radius 3 is 2.38 bits per heavy atom. The maximum absolute atomic E-state index is 5.50. The van der Waals surface area contributed by atoms with Crippen LogP contribution in [0.2, 0.25) is 0 Å². The van der Waals surface area contributed by atoms with Gasteiger partial charge in [-0.05, 0) is 12.5 Å². The lowest BCUT2D eigenvalue weighted by molar-refractivity contribution is 1.05. The van der Waals surface area contributed by atoms with Gasteiger partial charge in [-0.1, -0.05) is 29.8 Å². The SMILES string of the molecule is Cc1ccc(CNc2ncc(N)cn2)cc1. The Morgan fingerprint density at radius 1 is 1.12 bits per heavy atom. The Balaban J connectivity index is 1.97. The molecule has 0 spiro atoms. The fourth-order valence-electron chi connectivity index (χ4n) is 1.32. The molecule has 82 valence electrons. The average Bonchev–Trinajstić information content (AvgIpc) is 2.30. The molecule has 4 heteroatoms. The predicted molar refractivity (Wildman–Crippen MR) is 65.0 cm³/mol. The van der Waals surface area contributed by atoms with E-state index in [1.54, 1.807) is 12.4 Å². The Morgan fingerprint density at radius 2 is 1.75 bits per heavy atom. The molecule has 3 N–H and O–H groups in total. The molecule has 1 aromatic carbocycles. The minimum Gasteiger partial charge on any atom is -0.396 e. The largest absolute Gasteiger partial charge is 0.396 e. The highest BCUT2D eigenvalue weighted by molar-refractivity contribution is 5.36. The summed E-state index contributed by atoms with van der Waals surface area (Å²) < 4.78 is 0. The summed E-state index contributed by atoms with van der Waals surface area (Å²) in [6.45, 7) is 2.78. The van der Waals surface area contributed by atoms with Crippen LogP contribution in [0, 0.1) is 6.92 Å². The summed E-state index contributed by atoms with van der Waals surface area (Å²) in [5.74, 6) is 0.592. The minimum atomic E-state index is 0.570. The summed E-state index contributed by atoms with van der Waals surface area (Å²) in [5, 5.41) is 3.13. The molecule has 1 aromatic heterocycles. The lowest BCUT2D eigenvalue weighted by atomic mass is 10.1. The number of aromatic nitrogens is 2. The first-order chi connectivity index (χ1) is 7.74. The molecule has 0 amide bonds. The monoisotopic (exact) mass is 214 g/mol. The normalized spacial score (nSPS) is 10.1. The van der Waals surface area contributed by atoms with Crippen molar-refractivity contribution in [3.8, 4) is 0 Å². The second-order valence-electron chi connectivity index (χ2n) is 3.68. The van der Waals surface area contributed by atoms with E-state index >= 15 is 0 Å². The summed E-state index contributed by atoms with van der Waals surface area (Å²) >= 11 is 0. The van der Waals surface area contributed by atoms with E-state index in [2.05, 4.69) is 46.5 Å². The number of nitrogens with one attached hydrogen (secondary N) is 1. The fourth-order valence-corrected chi connectivity index (χ4v) is 1.32. The van der Waals surface area contributed by atoms with Crippen LogP contribution in [0.5, 0.6) is 0 Å². The standard InChI is InChI=1S/C12H14N4/c1-9-2-4-10(5-3-9)6-14-12-15-7-11(13)8-16-12/h2-5,7-8H,6,13H2,1H3,(H,14,15,16). The molecule has 2 rings (SSSR count). The van der Waals surface area contributed by atoms with E-state index in [9.17, 15) is 0 Å². The van der Waals surface area contributed by atoms with Gasteiger partial charge in [0.25, 0.3) is 0 Å². The van der Waals surface area contributed by atoms with Crippen LogP contribution in [0.3, 0.4) is 0 Å². The van der Waals surface area contributed by atoms with E-state index in [-0.39, 0.29) is 0 Å². The average molecular weight is 214 g/mol. The van der Waals surface area contributed by atoms with Gasteiger partial charge < -0.3 is 11.1 Å². The van der Waals surface area contributed by atoms with Crippen molar-refractivity contribution in [1.82, 2.24) is 9.97 Å². The third kappa shape index (κ3) is 2.70. The highest BCUT2D eigenvalue weighted by atomic mass is 15.1. The number of anilines is 2. The number of hydrogen-bond donors (Lipinski definition) is 2. The van der Waals surface area contributed by atoms with Gasteiger partial charge in [-0.25, -0.2) is 9.97 Å². The van der Waals surface area contributed by atoms with Crippen molar-refractivity contribution in [2.24, 2.45) is 0 Å². The molecule has 0 radical (unpaired) electrons. The minimum absolute atomic E-state index is 0.570. The Labute approximate surface area is 94.5 Å². The number of aryl methyl sites for hydroxylation is 1. The molecule has 0 fully saturated rings. The zero-order chi connectivity index (χ0) is 11.4.